The van der Waals surface area contributed by atoms with Crippen LogP contribution in [0.5, 0.6) is 6.01 Å². The first kappa shape index (κ1) is 24.6. The number of benzene rings is 1. The first-order valence-corrected chi connectivity index (χ1v) is 13.4. The Morgan fingerprint density at radius 1 is 1.08 bits per heavy atom. The highest BCUT2D eigenvalue weighted by atomic mass is 16.5. The Bertz CT molecular complexity index is 1170. The second-order valence-electron chi connectivity index (χ2n) is 10.3. The van der Waals surface area contributed by atoms with Gasteiger partial charge in [-0.05, 0) is 69.8 Å². The molecule has 1 aromatic carbocycles. The molecule has 0 atom stereocenters. The van der Waals surface area contributed by atoms with Gasteiger partial charge in [-0.15, -0.1) is 0 Å². The van der Waals surface area contributed by atoms with Gasteiger partial charge in [0, 0.05) is 55.2 Å². The number of nitrogens with two attached hydrogens (primary N) is 1. The van der Waals surface area contributed by atoms with E-state index in [1.54, 1.807) is 0 Å². The van der Waals surface area contributed by atoms with Gasteiger partial charge in [-0.25, -0.2) is 9.97 Å². The van der Waals surface area contributed by atoms with Gasteiger partial charge in [0.2, 0.25) is 5.95 Å². The number of piperidine rings is 2. The van der Waals surface area contributed by atoms with Gasteiger partial charge in [0.25, 0.3) is 6.01 Å². The minimum atomic E-state index is 0.332. The molecule has 2 aliphatic heterocycles. The molecule has 8 heteroatoms. The van der Waals surface area contributed by atoms with E-state index in [-0.39, 0.29) is 0 Å². The minimum Gasteiger partial charge on any atom is -0.465 e. The van der Waals surface area contributed by atoms with Gasteiger partial charge < -0.3 is 15.4 Å². The SMILES string of the molecule is C=C(C1CCN(Cc2cnc(N)nc2)CC1)N1CCC(n2c(OCCC)nc3cc(C)ccc32)CC1. The number of hydrogen-bond donors (Lipinski definition) is 1. The molecule has 0 amide bonds. The van der Waals surface area contributed by atoms with Crippen LogP contribution in [0.3, 0.4) is 0 Å². The van der Waals surface area contributed by atoms with Crippen LogP contribution >= 0.6 is 0 Å². The predicted molar refractivity (Wildman–Crippen MR) is 144 cm³/mol. The molecule has 2 aliphatic rings. The first-order chi connectivity index (χ1) is 17.5. The number of nitrogens with zero attached hydrogens (tertiary/aromatic N) is 6. The first-order valence-electron chi connectivity index (χ1n) is 13.4. The molecule has 0 spiro atoms. The molecule has 2 fully saturated rings. The van der Waals surface area contributed by atoms with E-state index in [4.69, 9.17) is 15.5 Å². The van der Waals surface area contributed by atoms with E-state index in [1.807, 2.05) is 12.4 Å². The van der Waals surface area contributed by atoms with Crippen LogP contribution < -0.4 is 10.5 Å². The molecule has 0 unspecified atom stereocenters. The molecule has 2 N–H and O–H groups in total. The molecule has 8 nitrogen and oxygen atoms in total. The molecule has 36 heavy (non-hydrogen) atoms. The summed E-state index contributed by atoms with van der Waals surface area (Å²) in [4.78, 5) is 18.1. The van der Waals surface area contributed by atoms with Crippen LogP contribution in [0.2, 0.25) is 0 Å². The van der Waals surface area contributed by atoms with Crippen molar-refractivity contribution in [3.05, 3.63) is 54.0 Å². The topological polar surface area (TPSA) is 85.3 Å². The Morgan fingerprint density at radius 2 is 1.81 bits per heavy atom. The van der Waals surface area contributed by atoms with Crippen molar-refractivity contribution < 1.29 is 4.74 Å². The van der Waals surface area contributed by atoms with Crippen LogP contribution in [0.1, 0.15) is 56.2 Å². The largest absolute Gasteiger partial charge is 0.465 e. The standard InChI is InChI=1S/C28H39N7O/c1-4-15-36-28-32-25-16-20(2)5-6-26(25)35(28)24-9-13-34(14-10-24)21(3)23-7-11-33(12-8-23)19-22-17-30-27(29)31-18-22/h5-6,16-18,23-24H,3-4,7-15,19H2,1-2H3,(H2,29,30,31). The second kappa shape index (κ2) is 10.9. The van der Waals surface area contributed by atoms with Crippen molar-refractivity contribution in [1.29, 1.82) is 0 Å². The zero-order chi connectivity index (χ0) is 25.1. The number of aromatic nitrogens is 4. The van der Waals surface area contributed by atoms with Gasteiger partial charge in [-0.1, -0.05) is 19.6 Å². The number of rotatable bonds is 8. The Hall–Kier alpha value is -3.13. The number of fused-ring (bicyclic) bond motifs is 1. The van der Waals surface area contributed by atoms with Crippen LogP contribution in [0.25, 0.3) is 11.0 Å². The Balaban J connectivity index is 1.17. The highest BCUT2D eigenvalue weighted by Crippen LogP contribution is 2.35. The molecular weight excluding hydrogens is 450 g/mol. The average molecular weight is 490 g/mol. The van der Waals surface area contributed by atoms with Crippen LogP contribution in [0.4, 0.5) is 5.95 Å². The summed E-state index contributed by atoms with van der Waals surface area (Å²) in [5.41, 5.74) is 11.5. The third kappa shape index (κ3) is 5.33. The van der Waals surface area contributed by atoms with E-state index in [0.29, 0.717) is 24.5 Å². The van der Waals surface area contributed by atoms with E-state index >= 15 is 0 Å². The van der Waals surface area contributed by atoms with E-state index in [9.17, 15) is 0 Å². The van der Waals surface area contributed by atoms with Gasteiger partial charge in [0.05, 0.1) is 17.6 Å². The van der Waals surface area contributed by atoms with Crippen molar-refractivity contribution in [3.8, 4) is 6.01 Å². The number of aryl methyl sites for hydroxylation is 1. The molecule has 0 saturated carbocycles. The quantitative estimate of drug-likeness (QED) is 0.496. The van der Waals surface area contributed by atoms with Crippen molar-refractivity contribution in [2.45, 2.75) is 58.5 Å². The van der Waals surface area contributed by atoms with Crippen LogP contribution in [0.15, 0.2) is 42.9 Å². The Kier molecular flexibility index (Phi) is 7.41. The van der Waals surface area contributed by atoms with Crippen LogP contribution in [-0.4, -0.2) is 62.1 Å². The molecule has 4 heterocycles. The lowest BCUT2D eigenvalue weighted by molar-refractivity contribution is 0.152. The van der Waals surface area contributed by atoms with E-state index < -0.39 is 0 Å². The maximum absolute atomic E-state index is 6.09. The van der Waals surface area contributed by atoms with E-state index in [1.165, 1.54) is 16.8 Å². The van der Waals surface area contributed by atoms with E-state index in [0.717, 1.165) is 81.9 Å². The molecular formula is C28H39N7O. The number of likely N-dealkylation sites (tertiary alicyclic amines) is 2. The highest BCUT2D eigenvalue weighted by Gasteiger charge is 2.29. The summed E-state index contributed by atoms with van der Waals surface area (Å²) >= 11 is 0. The number of imidazole rings is 1. The van der Waals surface area contributed by atoms with Crippen molar-refractivity contribution >= 4 is 17.0 Å². The fourth-order valence-corrected chi connectivity index (χ4v) is 5.63. The summed E-state index contributed by atoms with van der Waals surface area (Å²) in [6.45, 7) is 14.6. The summed E-state index contributed by atoms with van der Waals surface area (Å²) in [7, 11) is 0. The lowest BCUT2D eigenvalue weighted by Crippen LogP contribution is -2.40. The Morgan fingerprint density at radius 3 is 2.50 bits per heavy atom. The van der Waals surface area contributed by atoms with Crippen molar-refractivity contribution in [2.24, 2.45) is 5.92 Å². The Labute approximate surface area is 214 Å². The van der Waals surface area contributed by atoms with Gasteiger partial charge in [0.1, 0.15) is 0 Å². The second-order valence-corrected chi connectivity index (χ2v) is 10.3. The summed E-state index contributed by atoms with van der Waals surface area (Å²) in [6, 6.07) is 7.71. The third-order valence-corrected chi connectivity index (χ3v) is 7.67. The highest BCUT2D eigenvalue weighted by molar-refractivity contribution is 5.77. The molecule has 0 aliphatic carbocycles. The monoisotopic (exact) mass is 489 g/mol. The number of nitrogen functional groups attached to an aromatic ring is 1. The number of ether oxygens (including phenoxy) is 1. The minimum absolute atomic E-state index is 0.332. The molecule has 0 radical (unpaired) electrons. The lowest BCUT2D eigenvalue weighted by atomic mass is 9.91. The molecule has 2 aromatic heterocycles. The van der Waals surface area contributed by atoms with Gasteiger partial charge in [-0.3, -0.25) is 9.47 Å². The van der Waals surface area contributed by atoms with Gasteiger partial charge in [-0.2, -0.15) is 4.98 Å². The fourth-order valence-electron chi connectivity index (χ4n) is 5.63. The van der Waals surface area contributed by atoms with Crippen LogP contribution in [0, 0.1) is 12.8 Å². The summed E-state index contributed by atoms with van der Waals surface area (Å²) < 4.78 is 8.45. The van der Waals surface area contributed by atoms with Crippen LogP contribution in [-0.2, 0) is 6.54 Å². The normalized spacial score (nSPS) is 18.1. The summed E-state index contributed by atoms with van der Waals surface area (Å²) in [6.07, 6.45) is 9.10. The molecule has 0 bridgehead atoms. The molecule has 192 valence electrons. The maximum Gasteiger partial charge on any atom is 0.297 e. The molecule has 3 aromatic rings. The lowest BCUT2D eigenvalue weighted by Gasteiger charge is -2.40. The van der Waals surface area contributed by atoms with Crippen molar-refractivity contribution in [2.75, 3.05) is 38.5 Å². The average Bonchev–Trinajstić information content (AvgIpc) is 3.26. The van der Waals surface area contributed by atoms with Gasteiger partial charge >= 0.3 is 0 Å². The number of anilines is 1. The smallest absolute Gasteiger partial charge is 0.297 e. The zero-order valence-corrected chi connectivity index (χ0v) is 21.7. The maximum atomic E-state index is 6.09. The summed E-state index contributed by atoms with van der Waals surface area (Å²) in [5.74, 6) is 0.888. The molecule has 2 saturated heterocycles. The number of allylic oxidation sites excluding steroid dienone is 1. The predicted octanol–water partition coefficient (Wildman–Crippen LogP) is 4.57. The zero-order valence-electron chi connectivity index (χ0n) is 21.7. The van der Waals surface area contributed by atoms with E-state index in [2.05, 4.69) is 63.0 Å². The molecule has 5 rings (SSSR count). The number of hydrogen-bond acceptors (Lipinski definition) is 7. The third-order valence-electron chi connectivity index (χ3n) is 7.67. The van der Waals surface area contributed by atoms with Crippen molar-refractivity contribution in [1.82, 2.24) is 29.3 Å². The van der Waals surface area contributed by atoms with Crippen molar-refractivity contribution in [3.63, 3.8) is 0 Å². The summed E-state index contributed by atoms with van der Waals surface area (Å²) in [5, 5.41) is 0. The fraction of sp³-hybridized carbons (Fsp3) is 0.536. The van der Waals surface area contributed by atoms with Gasteiger partial charge in [0.15, 0.2) is 0 Å².